The number of halogens is 4. The van der Waals surface area contributed by atoms with Gasteiger partial charge >= 0.3 is 6.18 Å². The summed E-state index contributed by atoms with van der Waals surface area (Å²) in [6.45, 7) is -0.259. The number of alkyl halides is 3. The highest BCUT2D eigenvalue weighted by molar-refractivity contribution is 5.94. The summed E-state index contributed by atoms with van der Waals surface area (Å²) in [6.07, 6.45) is -3.22. The van der Waals surface area contributed by atoms with Crippen molar-refractivity contribution < 1.29 is 27.5 Å². The summed E-state index contributed by atoms with van der Waals surface area (Å²) in [5.41, 5.74) is -1.54. The molecule has 1 saturated carbocycles. The van der Waals surface area contributed by atoms with Gasteiger partial charge in [-0.1, -0.05) is 0 Å². The lowest BCUT2D eigenvalue weighted by atomic mass is 10.1. The maximum absolute atomic E-state index is 13.3. The first-order chi connectivity index (χ1) is 9.32. The second-order valence-electron chi connectivity index (χ2n) is 4.68. The standard InChI is InChI=1S/C13H13F4NO2/c14-10-6-8(5-9(7-10)13(15,16)17)12(20)18(3-4-19)11-1-2-11/h5-7,11,19H,1-4H2. The number of nitrogens with zero attached hydrogens (tertiary/aromatic N) is 1. The molecule has 0 bridgehead atoms. The minimum atomic E-state index is -4.71. The quantitative estimate of drug-likeness (QED) is 0.866. The number of carbonyl (C=O) groups is 1. The molecule has 20 heavy (non-hydrogen) atoms. The Morgan fingerprint density at radius 1 is 1.30 bits per heavy atom. The SMILES string of the molecule is O=C(c1cc(F)cc(C(F)(F)F)c1)N(CCO)C1CC1. The highest BCUT2D eigenvalue weighted by atomic mass is 19.4. The zero-order chi connectivity index (χ0) is 14.9. The molecule has 1 aliphatic carbocycles. The molecule has 0 heterocycles. The van der Waals surface area contributed by atoms with Crippen LogP contribution >= 0.6 is 0 Å². The molecule has 0 saturated heterocycles. The number of aliphatic hydroxyl groups excluding tert-OH is 1. The van der Waals surface area contributed by atoms with E-state index >= 15 is 0 Å². The van der Waals surface area contributed by atoms with E-state index in [1.807, 2.05) is 0 Å². The van der Waals surface area contributed by atoms with Crippen LogP contribution in [0.2, 0.25) is 0 Å². The first kappa shape index (κ1) is 14.8. The molecule has 1 fully saturated rings. The number of hydrogen-bond acceptors (Lipinski definition) is 2. The average molecular weight is 291 g/mol. The lowest BCUT2D eigenvalue weighted by Crippen LogP contribution is -2.35. The third-order valence-corrected chi connectivity index (χ3v) is 3.06. The zero-order valence-corrected chi connectivity index (χ0v) is 10.5. The molecule has 110 valence electrons. The summed E-state index contributed by atoms with van der Waals surface area (Å²) in [5.74, 6) is -1.80. The van der Waals surface area contributed by atoms with Gasteiger partial charge in [0.15, 0.2) is 0 Å². The number of amides is 1. The van der Waals surface area contributed by atoms with Gasteiger partial charge < -0.3 is 10.0 Å². The van der Waals surface area contributed by atoms with Crippen LogP contribution in [0.5, 0.6) is 0 Å². The maximum atomic E-state index is 13.3. The van der Waals surface area contributed by atoms with Crippen molar-refractivity contribution in [2.45, 2.75) is 25.1 Å². The Labute approximate surface area is 112 Å². The fraction of sp³-hybridized carbons (Fsp3) is 0.462. The van der Waals surface area contributed by atoms with E-state index in [2.05, 4.69) is 0 Å². The molecule has 0 atom stereocenters. The summed E-state index contributed by atoms with van der Waals surface area (Å²) in [4.78, 5) is 13.4. The number of rotatable bonds is 4. The van der Waals surface area contributed by atoms with E-state index in [1.165, 1.54) is 4.90 Å². The van der Waals surface area contributed by atoms with Crippen molar-refractivity contribution in [2.75, 3.05) is 13.2 Å². The smallest absolute Gasteiger partial charge is 0.395 e. The monoisotopic (exact) mass is 291 g/mol. The molecule has 1 aromatic rings. The Kier molecular flexibility index (Phi) is 3.99. The molecular formula is C13H13F4NO2. The fourth-order valence-corrected chi connectivity index (χ4v) is 1.99. The van der Waals surface area contributed by atoms with Crippen LogP contribution < -0.4 is 0 Å². The van der Waals surface area contributed by atoms with Crippen LogP contribution in [-0.2, 0) is 6.18 Å². The first-order valence-electron chi connectivity index (χ1n) is 6.12. The molecule has 1 amide bonds. The lowest BCUT2D eigenvalue weighted by molar-refractivity contribution is -0.137. The zero-order valence-electron chi connectivity index (χ0n) is 10.5. The number of aliphatic hydroxyl groups is 1. The van der Waals surface area contributed by atoms with E-state index < -0.39 is 23.5 Å². The Morgan fingerprint density at radius 2 is 1.95 bits per heavy atom. The number of benzene rings is 1. The summed E-state index contributed by atoms with van der Waals surface area (Å²) in [5, 5.41) is 8.90. The molecule has 0 unspecified atom stereocenters. The minimum Gasteiger partial charge on any atom is -0.395 e. The van der Waals surface area contributed by atoms with Crippen LogP contribution in [-0.4, -0.2) is 35.1 Å². The van der Waals surface area contributed by atoms with Crippen molar-refractivity contribution in [3.63, 3.8) is 0 Å². The van der Waals surface area contributed by atoms with Gasteiger partial charge in [-0.15, -0.1) is 0 Å². The second kappa shape index (κ2) is 5.40. The van der Waals surface area contributed by atoms with E-state index in [-0.39, 0.29) is 24.8 Å². The van der Waals surface area contributed by atoms with Crippen LogP contribution in [0.1, 0.15) is 28.8 Å². The van der Waals surface area contributed by atoms with Crippen molar-refractivity contribution in [1.82, 2.24) is 4.90 Å². The summed E-state index contributed by atoms with van der Waals surface area (Å²) < 4.78 is 51.1. The van der Waals surface area contributed by atoms with Crippen LogP contribution in [0.25, 0.3) is 0 Å². The highest BCUT2D eigenvalue weighted by Crippen LogP contribution is 2.32. The molecule has 1 aromatic carbocycles. The van der Waals surface area contributed by atoms with Crippen LogP contribution in [0.15, 0.2) is 18.2 Å². The third-order valence-electron chi connectivity index (χ3n) is 3.06. The van der Waals surface area contributed by atoms with Gasteiger partial charge in [0.25, 0.3) is 5.91 Å². The van der Waals surface area contributed by atoms with Crippen molar-refractivity contribution in [3.8, 4) is 0 Å². The normalized spacial score (nSPS) is 15.2. The van der Waals surface area contributed by atoms with Crippen LogP contribution in [0.3, 0.4) is 0 Å². The topological polar surface area (TPSA) is 40.5 Å². The molecular weight excluding hydrogens is 278 g/mol. The Bertz CT molecular complexity index is 512. The Morgan fingerprint density at radius 3 is 2.45 bits per heavy atom. The summed E-state index contributed by atoms with van der Waals surface area (Å²) in [6, 6.07) is 1.69. The number of carbonyl (C=O) groups excluding carboxylic acids is 1. The van der Waals surface area contributed by atoms with Crippen LogP contribution in [0.4, 0.5) is 17.6 Å². The molecule has 0 spiro atoms. The maximum Gasteiger partial charge on any atom is 0.416 e. The fourth-order valence-electron chi connectivity index (χ4n) is 1.99. The van der Waals surface area contributed by atoms with Gasteiger partial charge in [0.2, 0.25) is 0 Å². The molecule has 1 N–H and O–H groups in total. The van der Waals surface area contributed by atoms with E-state index in [0.29, 0.717) is 12.1 Å². The predicted molar refractivity (Wildman–Crippen MR) is 62.5 cm³/mol. The minimum absolute atomic E-state index is 0.0291. The lowest BCUT2D eigenvalue weighted by Gasteiger charge is -2.22. The van der Waals surface area contributed by atoms with Crippen molar-refractivity contribution in [2.24, 2.45) is 0 Å². The van der Waals surface area contributed by atoms with Gasteiger partial charge in [-0.2, -0.15) is 13.2 Å². The molecule has 0 radical (unpaired) electrons. The first-order valence-corrected chi connectivity index (χ1v) is 6.12. The van der Waals surface area contributed by atoms with Gasteiger partial charge in [-0.3, -0.25) is 4.79 Å². The van der Waals surface area contributed by atoms with Gasteiger partial charge in [-0.05, 0) is 31.0 Å². The largest absolute Gasteiger partial charge is 0.416 e. The van der Waals surface area contributed by atoms with Gasteiger partial charge in [0.1, 0.15) is 5.82 Å². The molecule has 0 aliphatic heterocycles. The van der Waals surface area contributed by atoms with Crippen molar-refractivity contribution >= 4 is 5.91 Å². The van der Waals surface area contributed by atoms with Crippen molar-refractivity contribution in [3.05, 3.63) is 35.1 Å². The van der Waals surface area contributed by atoms with Gasteiger partial charge in [0, 0.05) is 18.2 Å². The van der Waals surface area contributed by atoms with E-state index in [1.54, 1.807) is 0 Å². The predicted octanol–water partition coefficient (Wildman–Crippen LogP) is 2.44. The summed E-state index contributed by atoms with van der Waals surface area (Å²) in [7, 11) is 0. The second-order valence-corrected chi connectivity index (χ2v) is 4.68. The summed E-state index contributed by atoms with van der Waals surface area (Å²) >= 11 is 0. The molecule has 0 aromatic heterocycles. The number of hydrogen-bond donors (Lipinski definition) is 1. The molecule has 1 aliphatic rings. The Balaban J connectivity index is 2.31. The molecule has 2 rings (SSSR count). The van der Waals surface area contributed by atoms with Crippen molar-refractivity contribution in [1.29, 1.82) is 0 Å². The highest BCUT2D eigenvalue weighted by Gasteiger charge is 2.35. The molecule has 3 nitrogen and oxygen atoms in total. The van der Waals surface area contributed by atoms with E-state index in [4.69, 9.17) is 5.11 Å². The van der Waals surface area contributed by atoms with E-state index in [0.717, 1.165) is 18.9 Å². The van der Waals surface area contributed by atoms with Gasteiger partial charge in [-0.25, -0.2) is 4.39 Å². The third kappa shape index (κ3) is 3.27. The van der Waals surface area contributed by atoms with Gasteiger partial charge in [0.05, 0.1) is 12.2 Å². The van der Waals surface area contributed by atoms with E-state index in [9.17, 15) is 22.4 Å². The molecule has 7 heteroatoms. The average Bonchev–Trinajstić information content (AvgIpc) is 3.17. The van der Waals surface area contributed by atoms with Crippen LogP contribution in [0, 0.1) is 5.82 Å². The Hall–Kier alpha value is -1.63.